The van der Waals surface area contributed by atoms with Gasteiger partial charge in [-0.2, -0.15) is 0 Å². The number of carbonyl (C=O) groups is 2. The van der Waals surface area contributed by atoms with Crippen molar-refractivity contribution in [3.63, 3.8) is 0 Å². The zero-order valence-electron chi connectivity index (χ0n) is 12.5. The molecule has 0 atom stereocenters. The number of anilines is 1. The van der Waals surface area contributed by atoms with Crippen LogP contribution in [0.4, 0.5) is 11.4 Å². The van der Waals surface area contributed by atoms with Crippen LogP contribution in [0.5, 0.6) is 5.75 Å². The second-order valence-electron chi connectivity index (χ2n) is 5.12. The van der Waals surface area contributed by atoms with E-state index in [1.807, 2.05) is 0 Å². The molecule has 0 aromatic heterocycles. The number of hydrogen-bond acceptors (Lipinski definition) is 5. The van der Waals surface area contributed by atoms with Crippen LogP contribution in [0.1, 0.15) is 5.56 Å². The monoisotopic (exact) mass is 359 g/mol. The van der Waals surface area contributed by atoms with Gasteiger partial charge in [0.2, 0.25) is 0 Å². The minimum absolute atomic E-state index is 0.00865. The Morgan fingerprint density at radius 2 is 1.84 bits per heavy atom. The summed E-state index contributed by atoms with van der Waals surface area (Å²) in [5, 5.41) is 22.2. The number of hydrogen-bond donors (Lipinski definition) is 2. The van der Waals surface area contributed by atoms with E-state index in [0.29, 0.717) is 10.7 Å². The van der Waals surface area contributed by atoms with Gasteiger partial charge in [-0.05, 0) is 36.4 Å². The standard InChI is InChI=1S/C16H10ClN3O5/c17-10-1-3-11(4-2-10)19-16(23)13(15(22)18-19)8-9-7-12(20(24)25)5-6-14(9)21/h1-8,21H,(H,18,22)/b13-8+. The van der Waals surface area contributed by atoms with E-state index in [4.69, 9.17) is 11.6 Å². The van der Waals surface area contributed by atoms with Crippen LogP contribution in [0.25, 0.3) is 6.08 Å². The number of phenolic OH excluding ortho intramolecular Hbond substituents is 1. The summed E-state index contributed by atoms with van der Waals surface area (Å²) in [6, 6.07) is 9.54. The molecule has 3 rings (SSSR count). The number of rotatable bonds is 3. The highest BCUT2D eigenvalue weighted by Crippen LogP contribution is 2.28. The summed E-state index contributed by atoms with van der Waals surface area (Å²) in [6.07, 6.45) is 1.11. The Kier molecular flexibility index (Phi) is 4.12. The van der Waals surface area contributed by atoms with E-state index in [2.05, 4.69) is 5.43 Å². The van der Waals surface area contributed by atoms with Crippen molar-refractivity contribution in [1.82, 2.24) is 5.43 Å². The van der Waals surface area contributed by atoms with Crippen LogP contribution in [-0.2, 0) is 9.59 Å². The summed E-state index contributed by atoms with van der Waals surface area (Å²) >= 11 is 5.79. The molecule has 0 spiro atoms. The number of benzene rings is 2. The van der Waals surface area contributed by atoms with E-state index >= 15 is 0 Å². The number of nitrogens with one attached hydrogen (secondary N) is 1. The predicted octanol–water partition coefficient (Wildman–Crippen LogP) is 2.42. The van der Waals surface area contributed by atoms with Gasteiger partial charge < -0.3 is 5.11 Å². The van der Waals surface area contributed by atoms with Crippen molar-refractivity contribution >= 4 is 40.9 Å². The Labute approximate surface area is 146 Å². The molecule has 2 aromatic carbocycles. The molecule has 8 nitrogen and oxygen atoms in total. The number of nitrogens with zero attached hydrogens (tertiary/aromatic N) is 2. The second-order valence-corrected chi connectivity index (χ2v) is 5.55. The summed E-state index contributed by atoms with van der Waals surface area (Å²) in [4.78, 5) is 34.7. The fraction of sp³-hybridized carbons (Fsp3) is 0. The molecule has 1 aliphatic rings. The van der Waals surface area contributed by atoms with Gasteiger partial charge in [0, 0.05) is 22.7 Å². The Morgan fingerprint density at radius 3 is 2.48 bits per heavy atom. The number of phenols is 1. The van der Waals surface area contributed by atoms with Gasteiger partial charge in [0.05, 0.1) is 10.6 Å². The van der Waals surface area contributed by atoms with E-state index in [1.54, 1.807) is 24.3 Å². The minimum atomic E-state index is -0.689. The number of nitro benzene ring substituents is 1. The maximum atomic E-state index is 12.5. The van der Waals surface area contributed by atoms with Gasteiger partial charge in [-0.1, -0.05) is 11.6 Å². The van der Waals surface area contributed by atoms with Crippen LogP contribution in [0.15, 0.2) is 48.0 Å². The lowest BCUT2D eigenvalue weighted by Gasteiger charge is -2.14. The molecule has 2 amide bonds. The number of hydrazine groups is 1. The number of amides is 2. The quantitative estimate of drug-likeness (QED) is 0.378. The summed E-state index contributed by atoms with van der Waals surface area (Å²) in [7, 11) is 0. The van der Waals surface area contributed by atoms with Gasteiger partial charge in [-0.3, -0.25) is 25.1 Å². The van der Waals surface area contributed by atoms with Gasteiger partial charge in [0.25, 0.3) is 17.5 Å². The average Bonchev–Trinajstić information content (AvgIpc) is 2.85. The van der Waals surface area contributed by atoms with Crippen molar-refractivity contribution in [2.75, 3.05) is 5.01 Å². The van der Waals surface area contributed by atoms with Gasteiger partial charge in [-0.15, -0.1) is 0 Å². The third-order valence-corrected chi connectivity index (χ3v) is 3.75. The number of non-ortho nitro benzene ring substituents is 1. The molecule has 0 saturated carbocycles. The number of halogens is 1. The second kappa shape index (κ2) is 6.25. The van der Waals surface area contributed by atoms with Crippen LogP contribution in [0.2, 0.25) is 5.02 Å². The highest BCUT2D eigenvalue weighted by molar-refractivity contribution is 6.32. The zero-order chi connectivity index (χ0) is 18.1. The Morgan fingerprint density at radius 1 is 1.16 bits per heavy atom. The lowest BCUT2D eigenvalue weighted by molar-refractivity contribution is -0.384. The largest absolute Gasteiger partial charge is 0.507 e. The molecular formula is C16H10ClN3O5. The molecule has 0 unspecified atom stereocenters. The van der Waals surface area contributed by atoms with Crippen molar-refractivity contribution in [1.29, 1.82) is 0 Å². The molecule has 0 aliphatic carbocycles. The Balaban J connectivity index is 1.98. The van der Waals surface area contributed by atoms with E-state index in [0.717, 1.165) is 29.3 Å². The van der Waals surface area contributed by atoms with Crippen LogP contribution in [0.3, 0.4) is 0 Å². The SMILES string of the molecule is O=C1NN(c2ccc(Cl)cc2)C(=O)/C1=C/c1cc([N+](=O)[O-])ccc1O. The van der Waals surface area contributed by atoms with Crippen molar-refractivity contribution in [2.24, 2.45) is 0 Å². The van der Waals surface area contributed by atoms with Crippen molar-refractivity contribution < 1.29 is 19.6 Å². The van der Waals surface area contributed by atoms with E-state index in [1.165, 1.54) is 0 Å². The number of nitro groups is 1. The van der Waals surface area contributed by atoms with Crippen molar-refractivity contribution in [2.45, 2.75) is 0 Å². The molecule has 25 heavy (non-hydrogen) atoms. The van der Waals surface area contributed by atoms with Gasteiger partial charge in [0.1, 0.15) is 11.3 Å². The molecule has 1 fully saturated rings. The number of aromatic hydroxyl groups is 1. The molecule has 2 aromatic rings. The van der Waals surface area contributed by atoms with Crippen molar-refractivity contribution in [3.8, 4) is 5.75 Å². The van der Waals surface area contributed by atoms with Gasteiger partial charge >= 0.3 is 0 Å². The van der Waals surface area contributed by atoms with Crippen LogP contribution in [-0.4, -0.2) is 21.8 Å². The Hall–Kier alpha value is -3.39. The highest BCUT2D eigenvalue weighted by atomic mass is 35.5. The first kappa shape index (κ1) is 16.5. The normalized spacial score (nSPS) is 15.6. The fourth-order valence-electron chi connectivity index (χ4n) is 2.26. The lowest BCUT2D eigenvalue weighted by Crippen LogP contribution is -2.35. The highest BCUT2D eigenvalue weighted by Gasteiger charge is 2.34. The fourth-order valence-corrected chi connectivity index (χ4v) is 2.38. The maximum absolute atomic E-state index is 12.5. The Bertz CT molecular complexity index is 924. The van der Waals surface area contributed by atoms with Crippen LogP contribution < -0.4 is 10.4 Å². The van der Waals surface area contributed by atoms with Crippen LogP contribution in [0, 0.1) is 10.1 Å². The molecular weight excluding hydrogens is 350 g/mol. The number of carbonyl (C=O) groups excluding carboxylic acids is 2. The van der Waals surface area contributed by atoms with E-state index in [-0.39, 0.29) is 22.6 Å². The summed E-state index contributed by atoms with van der Waals surface area (Å²) in [5.41, 5.74) is 2.24. The molecule has 126 valence electrons. The molecule has 2 N–H and O–H groups in total. The third-order valence-electron chi connectivity index (χ3n) is 3.50. The first-order chi connectivity index (χ1) is 11.9. The molecule has 1 aliphatic heterocycles. The maximum Gasteiger partial charge on any atom is 0.282 e. The lowest BCUT2D eigenvalue weighted by atomic mass is 10.1. The van der Waals surface area contributed by atoms with E-state index < -0.39 is 16.7 Å². The van der Waals surface area contributed by atoms with Crippen LogP contribution >= 0.6 is 11.6 Å². The molecule has 0 bridgehead atoms. The minimum Gasteiger partial charge on any atom is -0.507 e. The summed E-state index contributed by atoms with van der Waals surface area (Å²) in [6.45, 7) is 0. The molecule has 0 radical (unpaired) electrons. The topological polar surface area (TPSA) is 113 Å². The van der Waals surface area contributed by atoms with E-state index in [9.17, 15) is 24.8 Å². The molecule has 1 saturated heterocycles. The smallest absolute Gasteiger partial charge is 0.282 e. The zero-order valence-corrected chi connectivity index (χ0v) is 13.2. The first-order valence-corrected chi connectivity index (χ1v) is 7.35. The molecule has 9 heteroatoms. The van der Waals surface area contributed by atoms with Crippen molar-refractivity contribution in [3.05, 3.63) is 68.7 Å². The average molecular weight is 360 g/mol. The summed E-state index contributed by atoms with van der Waals surface area (Å²) < 4.78 is 0. The summed E-state index contributed by atoms with van der Waals surface area (Å²) in [5.74, 6) is -1.63. The van der Waals surface area contributed by atoms with Gasteiger partial charge in [0.15, 0.2) is 0 Å². The predicted molar refractivity (Wildman–Crippen MR) is 89.8 cm³/mol. The third kappa shape index (κ3) is 3.15. The molecule has 1 heterocycles. The van der Waals surface area contributed by atoms with Gasteiger partial charge in [-0.25, -0.2) is 5.01 Å². The first-order valence-electron chi connectivity index (χ1n) is 6.97.